The van der Waals surface area contributed by atoms with Gasteiger partial charge >= 0.3 is 0 Å². The van der Waals surface area contributed by atoms with E-state index in [1.54, 1.807) is 13.2 Å². The van der Waals surface area contributed by atoms with E-state index < -0.39 is 23.6 Å². The van der Waals surface area contributed by atoms with E-state index in [9.17, 15) is 13.6 Å². The van der Waals surface area contributed by atoms with Crippen LogP contribution in [0, 0.1) is 17.6 Å². The Hall–Kier alpha value is -3.14. The Morgan fingerprint density at radius 1 is 1.12 bits per heavy atom. The van der Waals surface area contributed by atoms with Crippen molar-refractivity contribution in [1.29, 1.82) is 0 Å². The van der Waals surface area contributed by atoms with Crippen LogP contribution in [0.2, 0.25) is 0 Å². The molecule has 7 nitrogen and oxygen atoms in total. The van der Waals surface area contributed by atoms with Gasteiger partial charge in [-0.05, 0) is 37.1 Å². The van der Waals surface area contributed by atoms with E-state index in [2.05, 4.69) is 29.4 Å². The van der Waals surface area contributed by atoms with E-state index >= 15 is 0 Å². The van der Waals surface area contributed by atoms with Gasteiger partial charge < -0.3 is 19.4 Å². The Labute approximate surface area is 195 Å². The van der Waals surface area contributed by atoms with Gasteiger partial charge in [0.05, 0.1) is 18.6 Å². The average molecular weight is 477 g/mol. The lowest BCUT2D eigenvalue weighted by atomic mass is 10.2. The van der Waals surface area contributed by atoms with Crippen LogP contribution in [0.3, 0.4) is 0 Å². The molecule has 2 aromatic carbocycles. The number of benzene rings is 2. The van der Waals surface area contributed by atoms with Gasteiger partial charge in [-0.1, -0.05) is 31.7 Å². The third-order valence-electron chi connectivity index (χ3n) is 4.55. The summed E-state index contributed by atoms with van der Waals surface area (Å²) in [4.78, 5) is 12.3. The second kappa shape index (κ2) is 11.1. The maximum atomic E-state index is 13.8. The normalized spacial score (nSPS) is 12.0. The maximum Gasteiger partial charge on any atom is 0.234 e. The van der Waals surface area contributed by atoms with Crippen molar-refractivity contribution >= 4 is 23.4 Å². The van der Waals surface area contributed by atoms with Crippen LogP contribution in [-0.2, 0) is 11.3 Å². The number of carbonyl (C=O) groups excluding carboxylic acids is 1. The summed E-state index contributed by atoms with van der Waals surface area (Å²) in [6.07, 6.45) is -0.409. The molecule has 1 aromatic heterocycles. The van der Waals surface area contributed by atoms with Crippen LogP contribution in [0.4, 0.5) is 14.5 Å². The number of nitrogens with one attached hydrogen (secondary N) is 1. The quantitative estimate of drug-likeness (QED) is 0.411. The first-order valence-electron chi connectivity index (χ1n) is 10.4. The summed E-state index contributed by atoms with van der Waals surface area (Å²) < 4.78 is 40.3. The summed E-state index contributed by atoms with van der Waals surface area (Å²) in [6, 6.07) is 10.2. The van der Waals surface area contributed by atoms with Gasteiger partial charge in [-0.3, -0.25) is 4.79 Å². The van der Waals surface area contributed by atoms with E-state index in [0.29, 0.717) is 34.9 Å². The number of halogens is 2. The standard InChI is InChI=1S/C23H26F2N4O3S/c1-14(2)12-29-22(15(3)32-18-7-5-6-17(11-18)31-4)27-28-23(29)33-13-21(30)26-20-10-16(24)8-9-19(20)25/h5-11,14-15H,12-13H2,1-4H3,(H,26,30). The fourth-order valence-corrected chi connectivity index (χ4v) is 3.84. The molecule has 33 heavy (non-hydrogen) atoms. The number of rotatable bonds is 10. The first kappa shape index (κ1) is 24.5. The zero-order valence-corrected chi connectivity index (χ0v) is 19.7. The topological polar surface area (TPSA) is 78.3 Å². The summed E-state index contributed by atoms with van der Waals surface area (Å²) in [6.45, 7) is 6.61. The number of ether oxygens (including phenoxy) is 2. The van der Waals surface area contributed by atoms with Crippen molar-refractivity contribution in [1.82, 2.24) is 14.8 Å². The van der Waals surface area contributed by atoms with E-state index in [1.165, 1.54) is 0 Å². The lowest BCUT2D eigenvalue weighted by Crippen LogP contribution is -2.17. The van der Waals surface area contributed by atoms with Gasteiger partial charge in [-0.25, -0.2) is 8.78 Å². The molecule has 0 fully saturated rings. The highest BCUT2D eigenvalue weighted by Gasteiger charge is 2.21. The molecule has 0 spiro atoms. The third-order valence-corrected chi connectivity index (χ3v) is 5.51. The fourth-order valence-electron chi connectivity index (χ4n) is 3.09. The number of aromatic nitrogens is 3. The van der Waals surface area contributed by atoms with Gasteiger partial charge in [0.25, 0.3) is 0 Å². The smallest absolute Gasteiger partial charge is 0.234 e. The Balaban J connectivity index is 1.71. The van der Waals surface area contributed by atoms with Gasteiger partial charge in [0.2, 0.25) is 5.91 Å². The van der Waals surface area contributed by atoms with E-state index in [-0.39, 0.29) is 11.4 Å². The highest BCUT2D eigenvalue weighted by molar-refractivity contribution is 7.99. The second-order valence-electron chi connectivity index (χ2n) is 7.75. The molecular formula is C23H26F2N4O3S. The van der Waals surface area contributed by atoms with Crippen molar-refractivity contribution in [3.8, 4) is 11.5 Å². The molecule has 1 atom stereocenters. The minimum absolute atomic E-state index is 0.0443. The molecule has 0 saturated heterocycles. The van der Waals surface area contributed by atoms with Gasteiger partial charge in [0, 0.05) is 18.7 Å². The fraction of sp³-hybridized carbons (Fsp3) is 0.348. The molecule has 1 N–H and O–H groups in total. The number of hydrogen-bond donors (Lipinski definition) is 1. The number of hydrogen-bond acceptors (Lipinski definition) is 6. The summed E-state index contributed by atoms with van der Waals surface area (Å²) in [5, 5.41) is 11.4. The van der Waals surface area contributed by atoms with E-state index in [1.807, 2.05) is 29.7 Å². The molecule has 0 bridgehead atoms. The SMILES string of the molecule is COc1cccc(OC(C)c2nnc(SCC(=O)Nc3cc(F)ccc3F)n2CC(C)C)c1. The monoisotopic (exact) mass is 476 g/mol. The highest BCUT2D eigenvalue weighted by Crippen LogP contribution is 2.27. The number of nitrogens with zero attached hydrogens (tertiary/aromatic N) is 3. The zero-order valence-electron chi connectivity index (χ0n) is 18.8. The molecule has 1 unspecified atom stereocenters. The molecule has 176 valence electrons. The molecule has 3 aromatic rings. The number of anilines is 1. The minimum Gasteiger partial charge on any atom is -0.497 e. The van der Waals surface area contributed by atoms with Gasteiger partial charge in [-0.2, -0.15) is 0 Å². The molecule has 1 amide bonds. The van der Waals surface area contributed by atoms with Crippen LogP contribution in [-0.4, -0.2) is 33.5 Å². The summed E-state index contributed by atoms with van der Waals surface area (Å²) in [5.74, 6) is 0.355. The first-order valence-corrected chi connectivity index (χ1v) is 11.4. The van der Waals surface area contributed by atoms with Crippen molar-refractivity contribution in [2.24, 2.45) is 5.92 Å². The van der Waals surface area contributed by atoms with Gasteiger partial charge in [0.15, 0.2) is 17.1 Å². The number of carbonyl (C=O) groups is 1. The Morgan fingerprint density at radius 3 is 2.61 bits per heavy atom. The van der Waals surface area contributed by atoms with Crippen LogP contribution in [0.5, 0.6) is 11.5 Å². The minimum atomic E-state index is -0.705. The molecule has 0 saturated carbocycles. The zero-order chi connectivity index (χ0) is 24.0. The van der Waals surface area contributed by atoms with Crippen LogP contribution in [0.1, 0.15) is 32.7 Å². The Bertz CT molecular complexity index is 1110. The lowest BCUT2D eigenvalue weighted by molar-refractivity contribution is -0.113. The summed E-state index contributed by atoms with van der Waals surface area (Å²) in [5.41, 5.74) is -0.203. The Kier molecular flexibility index (Phi) is 8.26. The van der Waals surface area contributed by atoms with Crippen LogP contribution in [0.15, 0.2) is 47.6 Å². The molecule has 1 heterocycles. The average Bonchev–Trinajstić information content (AvgIpc) is 3.17. The maximum absolute atomic E-state index is 13.8. The van der Waals surface area contributed by atoms with Crippen molar-refractivity contribution < 1.29 is 23.0 Å². The van der Waals surface area contributed by atoms with Gasteiger partial charge in [0.1, 0.15) is 23.1 Å². The predicted molar refractivity (Wildman–Crippen MR) is 123 cm³/mol. The highest BCUT2D eigenvalue weighted by atomic mass is 32.2. The summed E-state index contributed by atoms with van der Waals surface area (Å²) in [7, 11) is 1.59. The lowest BCUT2D eigenvalue weighted by Gasteiger charge is -2.18. The van der Waals surface area contributed by atoms with E-state index in [0.717, 1.165) is 30.0 Å². The van der Waals surface area contributed by atoms with Crippen LogP contribution < -0.4 is 14.8 Å². The molecule has 0 aliphatic heterocycles. The van der Waals surface area contributed by atoms with Crippen molar-refractivity contribution in [3.05, 3.63) is 59.9 Å². The second-order valence-corrected chi connectivity index (χ2v) is 8.69. The van der Waals surface area contributed by atoms with E-state index in [4.69, 9.17) is 9.47 Å². The Morgan fingerprint density at radius 2 is 1.88 bits per heavy atom. The van der Waals surface area contributed by atoms with Crippen molar-refractivity contribution in [2.45, 2.75) is 38.6 Å². The van der Waals surface area contributed by atoms with Gasteiger partial charge in [-0.15, -0.1) is 10.2 Å². The predicted octanol–water partition coefficient (Wildman–Crippen LogP) is 5.09. The first-order chi connectivity index (χ1) is 15.8. The molecule has 0 aliphatic carbocycles. The molecule has 10 heteroatoms. The van der Waals surface area contributed by atoms with Crippen molar-refractivity contribution in [2.75, 3.05) is 18.2 Å². The third kappa shape index (κ3) is 6.67. The number of methoxy groups -OCH3 is 1. The molecule has 0 radical (unpaired) electrons. The van der Waals surface area contributed by atoms with Crippen LogP contribution in [0.25, 0.3) is 0 Å². The van der Waals surface area contributed by atoms with Crippen LogP contribution >= 0.6 is 11.8 Å². The number of amides is 1. The van der Waals surface area contributed by atoms with Crippen molar-refractivity contribution in [3.63, 3.8) is 0 Å². The largest absolute Gasteiger partial charge is 0.497 e. The molecular weight excluding hydrogens is 450 g/mol. The molecule has 3 rings (SSSR count). The number of thioether (sulfide) groups is 1. The summed E-state index contributed by atoms with van der Waals surface area (Å²) >= 11 is 1.16. The molecule has 0 aliphatic rings.